The van der Waals surface area contributed by atoms with Crippen molar-refractivity contribution in [3.63, 3.8) is 0 Å². The molecule has 0 radical (unpaired) electrons. The first-order valence-electron chi connectivity index (χ1n) is 12.8. The molecule has 3 atom stereocenters. The highest BCUT2D eigenvalue weighted by Crippen LogP contribution is 2.37. The van der Waals surface area contributed by atoms with Gasteiger partial charge < -0.3 is 9.64 Å². The molecular formula is C28H40Cl2N2OS. The summed E-state index contributed by atoms with van der Waals surface area (Å²) in [6.45, 7) is 11.3. The van der Waals surface area contributed by atoms with E-state index in [4.69, 9.17) is 27.9 Å². The number of nitrogens with zero attached hydrogens (tertiary/aromatic N) is 2. The summed E-state index contributed by atoms with van der Waals surface area (Å²) in [5.41, 5.74) is 2.72. The zero-order chi connectivity index (χ0) is 24.1. The lowest BCUT2D eigenvalue weighted by molar-refractivity contribution is -0.0286. The molecular weight excluding hydrogens is 483 g/mol. The van der Waals surface area contributed by atoms with Crippen LogP contribution in [0, 0.1) is 11.8 Å². The first-order chi connectivity index (χ1) is 16.4. The molecule has 0 N–H and O–H groups in total. The molecule has 2 aliphatic heterocycles. The van der Waals surface area contributed by atoms with Crippen LogP contribution >= 0.6 is 34.5 Å². The van der Waals surface area contributed by atoms with Crippen LogP contribution < -0.4 is 0 Å². The summed E-state index contributed by atoms with van der Waals surface area (Å²) >= 11 is 14.4. The van der Waals surface area contributed by atoms with Gasteiger partial charge in [-0.3, -0.25) is 4.90 Å². The monoisotopic (exact) mass is 522 g/mol. The van der Waals surface area contributed by atoms with E-state index < -0.39 is 0 Å². The topological polar surface area (TPSA) is 15.7 Å². The molecule has 0 aliphatic carbocycles. The molecule has 0 amide bonds. The largest absolute Gasteiger partial charge is 0.379 e. The van der Waals surface area contributed by atoms with Gasteiger partial charge in [-0.05, 0) is 97.6 Å². The smallest absolute Gasteiger partial charge is 0.0653 e. The lowest BCUT2D eigenvalue weighted by Gasteiger charge is -2.38. The van der Waals surface area contributed by atoms with E-state index in [1.54, 1.807) is 0 Å². The van der Waals surface area contributed by atoms with E-state index in [1.165, 1.54) is 56.4 Å². The van der Waals surface area contributed by atoms with Gasteiger partial charge in [0.25, 0.3) is 0 Å². The lowest BCUT2D eigenvalue weighted by atomic mass is 9.82. The van der Waals surface area contributed by atoms with E-state index in [1.807, 2.05) is 30.6 Å². The lowest BCUT2D eigenvalue weighted by Crippen LogP contribution is -2.41. The molecule has 2 saturated heterocycles. The summed E-state index contributed by atoms with van der Waals surface area (Å²) < 4.78 is 5.91. The van der Waals surface area contributed by atoms with Crippen molar-refractivity contribution < 1.29 is 4.74 Å². The van der Waals surface area contributed by atoms with E-state index in [0.29, 0.717) is 16.9 Å². The van der Waals surface area contributed by atoms with Crippen LogP contribution in [0.4, 0.5) is 0 Å². The Hall–Kier alpha value is -0.620. The molecule has 188 valence electrons. The quantitative estimate of drug-likeness (QED) is 0.319. The molecule has 6 heteroatoms. The molecule has 3 nitrogen and oxygen atoms in total. The van der Waals surface area contributed by atoms with Gasteiger partial charge in [-0.2, -0.15) is 11.3 Å². The van der Waals surface area contributed by atoms with Crippen molar-refractivity contribution in [3.8, 4) is 0 Å². The maximum absolute atomic E-state index is 6.50. The standard InChI is InChI=1S/C28H40Cl2N2OS/c1-4-10-28(2,33-3)15-21-7-11-31(12-8-21)17-24-18-32(19-26(24)23-9-13-34-20-23)16-22-5-6-25(29)14-27(22)30/h5-6,9,13-14,20-21,24,26H,4,7-8,10-12,15-19H2,1-3H3/t24-,26+,28?/m0/s1. The van der Waals surface area contributed by atoms with Crippen molar-refractivity contribution in [1.82, 2.24) is 9.80 Å². The zero-order valence-electron chi connectivity index (χ0n) is 20.9. The highest BCUT2D eigenvalue weighted by molar-refractivity contribution is 7.08. The summed E-state index contributed by atoms with van der Waals surface area (Å²) in [6, 6.07) is 8.22. The molecule has 1 aromatic carbocycles. The summed E-state index contributed by atoms with van der Waals surface area (Å²) in [6.07, 6.45) is 6.13. The van der Waals surface area contributed by atoms with E-state index in [9.17, 15) is 0 Å². The molecule has 34 heavy (non-hydrogen) atoms. The Bertz CT molecular complexity index is 900. The average Bonchev–Trinajstić information content (AvgIpc) is 3.47. The molecule has 0 spiro atoms. The number of piperidine rings is 1. The molecule has 2 aliphatic rings. The maximum Gasteiger partial charge on any atom is 0.0653 e. The van der Waals surface area contributed by atoms with E-state index in [2.05, 4.69) is 46.5 Å². The van der Waals surface area contributed by atoms with Crippen molar-refractivity contribution in [2.45, 2.75) is 64.0 Å². The van der Waals surface area contributed by atoms with Gasteiger partial charge in [-0.1, -0.05) is 42.6 Å². The first-order valence-corrected chi connectivity index (χ1v) is 14.5. The molecule has 1 unspecified atom stereocenters. The predicted octanol–water partition coefficient (Wildman–Crippen LogP) is 7.58. The van der Waals surface area contributed by atoms with Gasteiger partial charge in [-0.15, -0.1) is 0 Å². The van der Waals surface area contributed by atoms with Gasteiger partial charge in [0.05, 0.1) is 5.60 Å². The fourth-order valence-electron chi connectivity index (χ4n) is 6.16. The van der Waals surface area contributed by atoms with Crippen LogP contribution in [0.25, 0.3) is 0 Å². The summed E-state index contributed by atoms with van der Waals surface area (Å²) in [4.78, 5) is 5.31. The van der Waals surface area contributed by atoms with Gasteiger partial charge in [0.2, 0.25) is 0 Å². The maximum atomic E-state index is 6.50. The number of methoxy groups -OCH3 is 1. The summed E-state index contributed by atoms with van der Waals surface area (Å²) in [5.74, 6) is 2.03. The second-order valence-electron chi connectivity index (χ2n) is 10.7. The van der Waals surface area contributed by atoms with Crippen molar-refractivity contribution in [2.75, 3.05) is 39.8 Å². The summed E-state index contributed by atoms with van der Waals surface area (Å²) in [7, 11) is 1.89. The SMILES string of the molecule is CCCC(C)(CC1CCN(C[C@H]2CN(Cc3ccc(Cl)cc3Cl)C[C@@H]2c2ccsc2)CC1)OC. The fraction of sp³-hybridized carbons (Fsp3) is 0.643. The molecule has 1 aromatic heterocycles. The zero-order valence-corrected chi connectivity index (χ0v) is 23.3. The fourth-order valence-corrected chi connectivity index (χ4v) is 7.35. The van der Waals surface area contributed by atoms with Crippen LogP contribution in [0.5, 0.6) is 0 Å². The second-order valence-corrected chi connectivity index (χ2v) is 12.3. The Morgan fingerprint density at radius 2 is 1.91 bits per heavy atom. The molecule has 3 heterocycles. The van der Waals surface area contributed by atoms with Crippen LogP contribution in [0.3, 0.4) is 0 Å². The molecule has 4 rings (SSSR count). The van der Waals surface area contributed by atoms with Gasteiger partial charge in [0.15, 0.2) is 0 Å². The minimum Gasteiger partial charge on any atom is -0.379 e. The average molecular weight is 524 g/mol. The number of hydrogen-bond acceptors (Lipinski definition) is 4. The Labute approximate surface area is 220 Å². The molecule has 0 bridgehead atoms. The Kier molecular flexibility index (Phi) is 9.39. The van der Waals surface area contributed by atoms with Crippen LogP contribution in [-0.2, 0) is 11.3 Å². The summed E-state index contributed by atoms with van der Waals surface area (Å²) in [5, 5.41) is 6.05. The Morgan fingerprint density at radius 3 is 2.56 bits per heavy atom. The number of hydrogen-bond donors (Lipinski definition) is 0. The highest BCUT2D eigenvalue weighted by atomic mass is 35.5. The van der Waals surface area contributed by atoms with Crippen molar-refractivity contribution >= 4 is 34.5 Å². The minimum atomic E-state index is 0.0422. The minimum absolute atomic E-state index is 0.0422. The Balaban J connectivity index is 1.35. The highest BCUT2D eigenvalue weighted by Gasteiger charge is 2.36. The van der Waals surface area contributed by atoms with Crippen LogP contribution in [0.2, 0.25) is 10.0 Å². The second kappa shape index (κ2) is 12.1. The number of benzene rings is 1. The van der Waals surface area contributed by atoms with E-state index in [-0.39, 0.29) is 5.60 Å². The Morgan fingerprint density at radius 1 is 1.12 bits per heavy atom. The number of likely N-dealkylation sites (tertiary alicyclic amines) is 2. The van der Waals surface area contributed by atoms with Crippen LogP contribution in [-0.4, -0.2) is 55.2 Å². The predicted molar refractivity (Wildman–Crippen MR) is 146 cm³/mol. The normalized spacial score (nSPS) is 24.5. The first kappa shape index (κ1) is 26.4. The molecule has 0 saturated carbocycles. The number of thiophene rings is 1. The van der Waals surface area contributed by atoms with Crippen molar-refractivity contribution in [3.05, 3.63) is 56.2 Å². The number of ether oxygens (including phenoxy) is 1. The van der Waals surface area contributed by atoms with Crippen molar-refractivity contribution in [2.24, 2.45) is 11.8 Å². The van der Waals surface area contributed by atoms with Crippen LogP contribution in [0.1, 0.15) is 63.0 Å². The van der Waals surface area contributed by atoms with E-state index in [0.717, 1.165) is 37.0 Å². The van der Waals surface area contributed by atoms with Gasteiger partial charge in [0, 0.05) is 49.3 Å². The molecule has 2 fully saturated rings. The number of halogens is 2. The number of rotatable bonds is 10. The third kappa shape index (κ3) is 6.78. The van der Waals surface area contributed by atoms with Gasteiger partial charge in [0.1, 0.15) is 0 Å². The van der Waals surface area contributed by atoms with Crippen molar-refractivity contribution in [1.29, 1.82) is 0 Å². The van der Waals surface area contributed by atoms with Crippen LogP contribution in [0.15, 0.2) is 35.0 Å². The van der Waals surface area contributed by atoms with Gasteiger partial charge >= 0.3 is 0 Å². The molecule has 2 aromatic rings. The van der Waals surface area contributed by atoms with Gasteiger partial charge in [-0.25, -0.2) is 0 Å². The van der Waals surface area contributed by atoms with E-state index >= 15 is 0 Å². The third-order valence-electron chi connectivity index (χ3n) is 8.09. The third-order valence-corrected chi connectivity index (χ3v) is 9.38.